The van der Waals surface area contributed by atoms with E-state index >= 15 is 0 Å². The zero-order valence-electron chi connectivity index (χ0n) is 25.1. The Hall–Kier alpha value is -3.30. The standard InChI is InChI=1S/C30H47NO9/c1-8-11-20(5)28(33)39-24-15-13-23(26(31)27(24)40-29(34)21(6)12-9-2)14-16-25(32)36-18-22(7)38-30(35)37-17-19(4)10-3/h13,15,19-22H,8-12,14,16-18,31H2,1-7H3/t19-,20-,21-,22-/m0/s1. The minimum absolute atomic E-state index is 0.0261. The molecule has 1 rings (SSSR count). The Morgan fingerprint density at radius 1 is 0.825 bits per heavy atom. The zero-order chi connectivity index (χ0) is 30.2. The molecule has 1 aromatic carbocycles. The Labute approximate surface area is 238 Å². The van der Waals surface area contributed by atoms with Crippen molar-refractivity contribution in [3.05, 3.63) is 17.7 Å². The molecule has 40 heavy (non-hydrogen) atoms. The lowest BCUT2D eigenvalue weighted by Crippen LogP contribution is -2.24. The highest BCUT2D eigenvalue weighted by atomic mass is 16.7. The van der Waals surface area contributed by atoms with Gasteiger partial charge in [0.2, 0.25) is 0 Å². The van der Waals surface area contributed by atoms with Crippen LogP contribution in [0.4, 0.5) is 10.5 Å². The summed E-state index contributed by atoms with van der Waals surface area (Å²) in [5, 5.41) is 0. The number of esters is 3. The molecule has 0 aliphatic heterocycles. The summed E-state index contributed by atoms with van der Waals surface area (Å²) in [6, 6.07) is 3.14. The molecule has 0 fully saturated rings. The van der Waals surface area contributed by atoms with Crippen LogP contribution in [-0.2, 0) is 35.0 Å². The molecule has 0 saturated carbocycles. The van der Waals surface area contributed by atoms with Gasteiger partial charge in [-0.1, -0.05) is 66.9 Å². The maximum atomic E-state index is 12.7. The molecular weight excluding hydrogens is 518 g/mol. The van der Waals surface area contributed by atoms with Crippen LogP contribution < -0.4 is 15.2 Å². The van der Waals surface area contributed by atoms with Crippen LogP contribution >= 0.6 is 0 Å². The van der Waals surface area contributed by atoms with Gasteiger partial charge in [0.15, 0.2) is 11.5 Å². The quantitative estimate of drug-likeness (QED) is 0.135. The summed E-state index contributed by atoms with van der Waals surface area (Å²) in [5.74, 6) is -1.92. The van der Waals surface area contributed by atoms with Gasteiger partial charge in [-0.2, -0.15) is 0 Å². The van der Waals surface area contributed by atoms with E-state index in [1.165, 1.54) is 6.07 Å². The van der Waals surface area contributed by atoms with Crippen molar-refractivity contribution in [3.63, 3.8) is 0 Å². The fourth-order valence-electron chi connectivity index (χ4n) is 3.62. The summed E-state index contributed by atoms with van der Waals surface area (Å²) in [7, 11) is 0. The highest BCUT2D eigenvalue weighted by Crippen LogP contribution is 2.38. The first kappa shape index (κ1) is 34.7. The number of nitrogen functional groups attached to an aromatic ring is 1. The molecule has 0 spiro atoms. The monoisotopic (exact) mass is 565 g/mol. The molecule has 0 aliphatic rings. The van der Waals surface area contributed by atoms with Crippen molar-refractivity contribution in [2.75, 3.05) is 18.9 Å². The van der Waals surface area contributed by atoms with Gasteiger partial charge in [0.25, 0.3) is 0 Å². The van der Waals surface area contributed by atoms with Gasteiger partial charge in [0.1, 0.15) is 12.7 Å². The Morgan fingerprint density at radius 3 is 2.00 bits per heavy atom. The van der Waals surface area contributed by atoms with E-state index in [0.717, 1.165) is 19.3 Å². The van der Waals surface area contributed by atoms with Gasteiger partial charge in [-0.05, 0) is 43.7 Å². The summed E-state index contributed by atoms with van der Waals surface area (Å²) >= 11 is 0. The van der Waals surface area contributed by atoms with E-state index in [0.29, 0.717) is 18.4 Å². The van der Waals surface area contributed by atoms with E-state index in [1.807, 2.05) is 27.7 Å². The third kappa shape index (κ3) is 12.3. The van der Waals surface area contributed by atoms with E-state index < -0.39 is 30.2 Å². The van der Waals surface area contributed by atoms with Gasteiger partial charge in [0.05, 0.1) is 24.1 Å². The first-order valence-corrected chi connectivity index (χ1v) is 14.3. The number of hydrogen-bond acceptors (Lipinski definition) is 10. The summed E-state index contributed by atoms with van der Waals surface area (Å²) in [5.41, 5.74) is 6.99. The van der Waals surface area contributed by atoms with Crippen LogP contribution in [0.2, 0.25) is 0 Å². The van der Waals surface area contributed by atoms with Crippen LogP contribution in [0, 0.1) is 17.8 Å². The lowest BCUT2D eigenvalue weighted by Gasteiger charge is -2.18. The predicted molar refractivity (Wildman–Crippen MR) is 151 cm³/mol. The lowest BCUT2D eigenvalue weighted by atomic mass is 10.0. The molecule has 0 heterocycles. The highest BCUT2D eigenvalue weighted by molar-refractivity contribution is 5.82. The Morgan fingerprint density at radius 2 is 1.43 bits per heavy atom. The number of rotatable bonds is 17. The third-order valence-corrected chi connectivity index (χ3v) is 6.47. The van der Waals surface area contributed by atoms with Crippen LogP contribution in [0.5, 0.6) is 11.5 Å². The van der Waals surface area contributed by atoms with Gasteiger partial charge in [-0.15, -0.1) is 0 Å². The molecule has 226 valence electrons. The topological polar surface area (TPSA) is 140 Å². The molecule has 0 saturated heterocycles. The van der Waals surface area contributed by atoms with Gasteiger partial charge in [-0.3, -0.25) is 14.4 Å². The number of carbonyl (C=O) groups is 4. The molecule has 10 nitrogen and oxygen atoms in total. The molecule has 1 aromatic rings. The van der Waals surface area contributed by atoms with Crippen LogP contribution in [0.15, 0.2) is 12.1 Å². The summed E-state index contributed by atoms with van der Waals surface area (Å²) in [6.07, 6.45) is 2.44. The molecule has 0 bridgehead atoms. The molecule has 0 aliphatic carbocycles. The van der Waals surface area contributed by atoms with Crippen molar-refractivity contribution in [3.8, 4) is 11.5 Å². The van der Waals surface area contributed by atoms with Crippen LogP contribution in [-0.4, -0.2) is 43.4 Å². The van der Waals surface area contributed by atoms with Gasteiger partial charge < -0.3 is 29.4 Å². The number of hydrogen-bond donors (Lipinski definition) is 1. The Balaban J connectivity index is 2.86. The van der Waals surface area contributed by atoms with Crippen LogP contribution in [0.25, 0.3) is 0 Å². The average Bonchev–Trinajstić information content (AvgIpc) is 2.91. The highest BCUT2D eigenvalue weighted by Gasteiger charge is 2.24. The molecule has 2 N–H and O–H groups in total. The summed E-state index contributed by atoms with van der Waals surface area (Å²) < 4.78 is 26.5. The molecule has 0 amide bonds. The van der Waals surface area contributed by atoms with Crippen molar-refractivity contribution in [2.45, 2.75) is 99.5 Å². The largest absolute Gasteiger partial charge is 0.508 e. The Bertz CT molecular complexity index is 978. The minimum Gasteiger partial charge on any atom is -0.462 e. The number of nitrogens with two attached hydrogens (primary N) is 1. The summed E-state index contributed by atoms with van der Waals surface area (Å²) in [6.45, 7) is 13.1. The van der Waals surface area contributed by atoms with E-state index in [9.17, 15) is 19.2 Å². The fraction of sp³-hybridized carbons (Fsp3) is 0.667. The maximum absolute atomic E-state index is 12.7. The van der Waals surface area contributed by atoms with Crippen molar-refractivity contribution < 1.29 is 42.9 Å². The number of aryl methyl sites for hydroxylation is 1. The Kier molecular flexibility index (Phi) is 15.7. The number of ether oxygens (including phenoxy) is 5. The smallest absolute Gasteiger partial charge is 0.462 e. The molecular formula is C30H47NO9. The SMILES string of the molecule is CCC[C@H](C)C(=O)Oc1ccc(CCC(=O)OC[C@H](C)OC(=O)OC[C@@H](C)CC)c(N)c1OC(=O)[C@@H](C)CCC. The van der Waals surface area contributed by atoms with Gasteiger partial charge in [-0.25, -0.2) is 4.79 Å². The predicted octanol–water partition coefficient (Wildman–Crippen LogP) is 6.02. The van der Waals surface area contributed by atoms with E-state index in [2.05, 4.69) is 0 Å². The molecule has 10 heteroatoms. The average molecular weight is 566 g/mol. The van der Waals surface area contributed by atoms with Crippen molar-refractivity contribution >= 4 is 29.8 Å². The van der Waals surface area contributed by atoms with Gasteiger partial charge in [0, 0.05) is 6.42 Å². The third-order valence-electron chi connectivity index (χ3n) is 6.47. The lowest BCUT2D eigenvalue weighted by molar-refractivity contribution is -0.146. The number of carbonyl (C=O) groups excluding carboxylic acids is 4. The number of anilines is 1. The second-order valence-electron chi connectivity index (χ2n) is 10.4. The van der Waals surface area contributed by atoms with Gasteiger partial charge >= 0.3 is 24.1 Å². The second kappa shape index (κ2) is 18.1. The van der Waals surface area contributed by atoms with Crippen molar-refractivity contribution in [1.29, 1.82) is 0 Å². The van der Waals surface area contributed by atoms with Crippen molar-refractivity contribution in [2.24, 2.45) is 17.8 Å². The zero-order valence-corrected chi connectivity index (χ0v) is 25.1. The fourth-order valence-corrected chi connectivity index (χ4v) is 3.62. The number of benzene rings is 1. The maximum Gasteiger partial charge on any atom is 0.508 e. The molecule has 0 unspecified atom stereocenters. The summed E-state index contributed by atoms with van der Waals surface area (Å²) in [4.78, 5) is 49.3. The minimum atomic E-state index is -0.808. The molecule has 0 radical (unpaired) electrons. The molecule has 0 aromatic heterocycles. The first-order chi connectivity index (χ1) is 18.9. The second-order valence-corrected chi connectivity index (χ2v) is 10.4. The van der Waals surface area contributed by atoms with Crippen LogP contribution in [0.1, 0.15) is 92.6 Å². The van der Waals surface area contributed by atoms with Crippen molar-refractivity contribution in [1.82, 2.24) is 0 Å². The van der Waals surface area contributed by atoms with E-state index in [4.69, 9.17) is 29.4 Å². The van der Waals surface area contributed by atoms with E-state index in [-0.39, 0.29) is 61.0 Å². The first-order valence-electron chi connectivity index (χ1n) is 14.3. The normalized spacial score (nSPS) is 13.9. The van der Waals surface area contributed by atoms with E-state index in [1.54, 1.807) is 26.8 Å². The molecule has 4 atom stereocenters. The van der Waals surface area contributed by atoms with Crippen LogP contribution in [0.3, 0.4) is 0 Å².